The molecule has 0 saturated carbocycles. The average molecular weight is 286 g/mol. The zero-order valence-corrected chi connectivity index (χ0v) is 13.2. The van der Waals surface area contributed by atoms with Gasteiger partial charge in [-0.2, -0.15) is 0 Å². The summed E-state index contributed by atoms with van der Waals surface area (Å²) >= 11 is 6.27. The number of benzene rings is 1. The first-order valence-electron chi connectivity index (χ1n) is 6.61. The van der Waals surface area contributed by atoms with Crippen molar-refractivity contribution >= 4 is 11.6 Å². The number of halogens is 1. The van der Waals surface area contributed by atoms with E-state index < -0.39 is 0 Å². The third kappa shape index (κ3) is 5.29. The van der Waals surface area contributed by atoms with Crippen molar-refractivity contribution in [2.24, 2.45) is 0 Å². The third-order valence-electron chi connectivity index (χ3n) is 2.56. The molecule has 0 unspecified atom stereocenters. The molecule has 108 valence electrons. The molecule has 0 amide bonds. The zero-order valence-electron chi connectivity index (χ0n) is 12.5. The van der Waals surface area contributed by atoms with Gasteiger partial charge in [-0.3, -0.25) is 0 Å². The van der Waals surface area contributed by atoms with Crippen LogP contribution >= 0.6 is 11.6 Å². The van der Waals surface area contributed by atoms with Crippen molar-refractivity contribution in [2.45, 2.75) is 46.2 Å². The molecule has 1 rings (SSSR count). The van der Waals surface area contributed by atoms with Gasteiger partial charge in [0.05, 0.1) is 18.7 Å². The van der Waals surface area contributed by atoms with E-state index in [9.17, 15) is 0 Å². The van der Waals surface area contributed by atoms with E-state index >= 15 is 0 Å². The lowest BCUT2D eigenvalue weighted by atomic mass is 10.1. The molecule has 4 heteroatoms. The highest BCUT2D eigenvalue weighted by atomic mass is 35.5. The average Bonchev–Trinajstić information content (AvgIpc) is 2.33. The number of nitrogens with one attached hydrogen (secondary N) is 1. The van der Waals surface area contributed by atoms with Crippen LogP contribution in [0, 0.1) is 0 Å². The van der Waals surface area contributed by atoms with E-state index in [-0.39, 0.29) is 5.54 Å². The molecule has 19 heavy (non-hydrogen) atoms. The lowest BCUT2D eigenvalue weighted by molar-refractivity contribution is 0.294. The Labute approximate surface area is 121 Å². The van der Waals surface area contributed by atoms with E-state index in [1.165, 1.54) is 0 Å². The molecule has 1 aromatic carbocycles. The Balaban J connectivity index is 2.89. The van der Waals surface area contributed by atoms with Crippen molar-refractivity contribution in [3.05, 3.63) is 22.7 Å². The van der Waals surface area contributed by atoms with Gasteiger partial charge in [0.25, 0.3) is 0 Å². The molecular formula is C15H24ClNO2. The van der Waals surface area contributed by atoms with Gasteiger partial charge in [-0.15, -0.1) is 0 Å². The van der Waals surface area contributed by atoms with Crippen LogP contribution in [0.5, 0.6) is 11.5 Å². The van der Waals surface area contributed by atoms with Crippen LogP contribution in [-0.2, 0) is 6.54 Å². The van der Waals surface area contributed by atoms with Crippen LogP contribution in [0.3, 0.4) is 0 Å². The summed E-state index contributed by atoms with van der Waals surface area (Å²) in [5, 5.41) is 4.02. The fourth-order valence-corrected chi connectivity index (χ4v) is 1.87. The topological polar surface area (TPSA) is 30.5 Å². The molecule has 0 bridgehead atoms. The van der Waals surface area contributed by atoms with E-state index in [0.717, 1.165) is 18.5 Å². The molecule has 0 aliphatic heterocycles. The quantitative estimate of drug-likeness (QED) is 0.856. The second-order valence-corrected chi connectivity index (χ2v) is 5.97. The monoisotopic (exact) mass is 285 g/mol. The van der Waals surface area contributed by atoms with Crippen LogP contribution in [0.4, 0.5) is 0 Å². The molecule has 0 fully saturated rings. The molecule has 0 aliphatic rings. The van der Waals surface area contributed by atoms with Gasteiger partial charge >= 0.3 is 0 Å². The van der Waals surface area contributed by atoms with Crippen molar-refractivity contribution in [2.75, 3.05) is 13.7 Å². The van der Waals surface area contributed by atoms with E-state index in [1.807, 2.05) is 12.1 Å². The standard InChI is InChI=1S/C15H24ClNO2/c1-6-7-19-14-12(16)8-11(9-13(14)18-5)10-17-15(2,3)4/h8-9,17H,6-7,10H2,1-5H3. The Kier molecular flexibility index (Phi) is 5.95. The van der Waals surface area contributed by atoms with Gasteiger partial charge in [0.2, 0.25) is 0 Å². The number of hydrogen-bond donors (Lipinski definition) is 1. The molecule has 1 N–H and O–H groups in total. The SMILES string of the molecule is CCCOc1c(Cl)cc(CNC(C)(C)C)cc1OC. The summed E-state index contributed by atoms with van der Waals surface area (Å²) in [6, 6.07) is 3.89. The summed E-state index contributed by atoms with van der Waals surface area (Å²) in [4.78, 5) is 0. The van der Waals surface area contributed by atoms with Crippen LogP contribution in [0.1, 0.15) is 39.7 Å². The van der Waals surface area contributed by atoms with Crippen molar-refractivity contribution in [1.29, 1.82) is 0 Å². The summed E-state index contributed by atoms with van der Waals surface area (Å²) < 4.78 is 11.0. The van der Waals surface area contributed by atoms with E-state index in [4.69, 9.17) is 21.1 Å². The minimum Gasteiger partial charge on any atom is -0.493 e. The Bertz CT molecular complexity index is 413. The predicted octanol–water partition coefficient (Wildman–Crippen LogP) is 4.03. The van der Waals surface area contributed by atoms with Crippen molar-refractivity contribution < 1.29 is 9.47 Å². The molecule has 0 atom stereocenters. The van der Waals surface area contributed by atoms with Crippen LogP contribution in [0.2, 0.25) is 5.02 Å². The molecule has 1 aromatic rings. The largest absolute Gasteiger partial charge is 0.493 e. The Morgan fingerprint density at radius 2 is 1.95 bits per heavy atom. The summed E-state index contributed by atoms with van der Waals surface area (Å²) in [6.07, 6.45) is 0.937. The minimum atomic E-state index is 0.0666. The highest BCUT2D eigenvalue weighted by Gasteiger charge is 2.14. The third-order valence-corrected chi connectivity index (χ3v) is 2.84. The minimum absolute atomic E-state index is 0.0666. The molecule has 0 heterocycles. The molecule has 3 nitrogen and oxygen atoms in total. The molecular weight excluding hydrogens is 262 g/mol. The second kappa shape index (κ2) is 7.01. The van der Waals surface area contributed by atoms with E-state index in [0.29, 0.717) is 23.1 Å². The molecule has 0 radical (unpaired) electrons. The lowest BCUT2D eigenvalue weighted by Gasteiger charge is -2.21. The number of ether oxygens (including phenoxy) is 2. The normalized spacial score (nSPS) is 11.5. The van der Waals surface area contributed by atoms with Crippen LogP contribution in [0.25, 0.3) is 0 Å². The van der Waals surface area contributed by atoms with Gasteiger partial charge in [0.15, 0.2) is 11.5 Å². The van der Waals surface area contributed by atoms with E-state index in [1.54, 1.807) is 7.11 Å². The fourth-order valence-electron chi connectivity index (χ4n) is 1.59. The van der Waals surface area contributed by atoms with E-state index in [2.05, 4.69) is 33.0 Å². The van der Waals surface area contributed by atoms with Crippen LogP contribution in [0.15, 0.2) is 12.1 Å². The molecule has 0 saturated heterocycles. The number of methoxy groups -OCH3 is 1. The summed E-state index contributed by atoms with van der Waals surface area (Å²) in [5.74, 6) is 1.32. The summed E-state index contributed by atoms with van der Waals surface area (Å²) in [7, 11) is 1.63. The fraction of sp³-hybridized carbons (Fsp3) is 0.600. The van der Waals surface area contributed by atoms with Gasteiger partial charge in [-0.25, -0.2) is 0 Å². The van der Waals surface area contributed by atoms with Crippen LogP contribution in [-0.4, -0.2) is 19.3 Å². The highest BCUT2D eigenvalue weighted by molar-refractivity contribution is 6.32. The van der Waals surface area contributed by atoms with Gasteiger partial charge in [-0.05, 0) is 44.9 Å². The molecule has 0 spiro atoms. The number of hydrogen-bond acceptors (Lipinski definition) is 3. The predicted molar refractivity (Wildman–Crippen MR) is 80.4 cm³/mol. The van der Waals surface area contributed by atoms with Crippen molar-refractivity contribution in [1.82, 2.24) is 5.32 Å². The Morgan fingerprint density at radius 1 is 1.26 bits per heavy atom. The Hall–Kier alpha value is -0.930. The number of rotatable bonds is 6. The van der Waals surface area contributed by atoms with Gasteiger partial charge in [-0.1, -0.05) is 18.5 Å². The van der Waals surface area contributed by atoms with Crippen molar-refractivity contribution in [3.8, 4) is 11.5 Å². The smallest absolute Gasteiger partial charge is 0.179 e. The molecule has 0 aromatic heterocycles. The maximum Gasteiger partial charge on any atom is 0.179 e. The lowest BCUT2D eigenvalue weighted by Crippen LogP contribution is -2.35. The maximum absolute atomic E-state index is 6.27. The van der Waals surface area contributed by atoms with Gasteiger partial charge < -0.3 is 14.8 Å². The van der Waals surface area contributed by atoms with Gasteiger partial charge in [0, 0.05) is 12.1 Å². The van der Waals surface area contributed by atoms with Gasteiger partial charge in [0.1, 0.15) is 0 Å². The second-order valence-electron chi connectivity index (χ2n) is 5.56. The highest BCUT2D eigenvalue weighted by Crippen LogP contribution is 2.36. The first-order valence-corrected chi connectivity index (χ1v) is 6.99. The molecule has 0 aliphatic carbocycles. The van der Waals surface area contributed by atoms with Crippen LogP contribution < -0.4 is 14.8 Å². The first kappa shape index (κ1) is 16.1. The summed E-state index contributed by atoms with van der Waals surface area (Å²) in [5.41, 5.74) is 1.15. The van der Waals surface area contributed by atoms with Crippen molar-refractivity contribution in [3.63, 3.8) is 0 Å². The first-order chi connectivity index (χ1) is 8.87. The summed E-state index contributed by atoms with van der Waals surface area (Å²) in [6.45, 7) is 9.82. The maximum atomic E-state index is 6.27. The zero-order chi connectivity index (χ0) is 14.5. The Morgan fingerprint density at radius 3 is 2.47 bits per heavy atom.